The van der Waals surface area contributed by atoms with Crippen LogP contribution in [0.2, 0.25) is 5.02 Å². The second kappa shape index (κ2) is 8.23. The monoisotopic (exact) mass is 427 g/mol. The van der Waals surface area contributed by atoms with Crippen LogP contribution in [0.3, 0.4) is 0 Å². The lowest BCUT2D eigenvalue weighted by atomic mass is 10.2. The molecule has 0 saturated carbocycles. The zero-order valence-electron chi connectivity index (χ0n) is 15.6. The normalized spacial score (nSPS) is 11.1. The molecule has 0 aliphatic heterocycles. The number of phenolic OH excluding ortho intramolecular Hbond substituents is 1. The Labute approximate surface area is 176 Å². The van der Waals surface area contributed by atoms with Gasteiger partial charge in [0.2, 0.25) is 0 Å². The Hall–Kier alpha value is -2.90. The number of nitrogens with one attached hydrogen (secondary N) is 1. The summed E-state index contributed by atoms with van der Waals surface area (Å²) >= 11 is 7.61. The number of nitrogens with zero attached hydrogens (tertiary/aromatic N) is 2. The summed E-state index contributed by atoms with van der Waals surface area (Å²) in [5, 5.41) is 15.3. The van der Waals surface area contributed by atoms with Crippen LogP contribution in [-0.2, 0) is 22.5 Å². The largest absolute Gasteiger partial charge is 0.506 e. The molecule has 0 amide bonds. The van der Waals surface area contributed by atoms with Crippen molar-refractivity contribution < 1.29 is 14.6 Å². The average Bonchev–Trinajstić information content (AvgIpc) is 3.11. The fourth-order valence-corrected chi connectivity index (χ4v) is 4.37. The minimum absolute atomic E-state index is 0.0498. The Morgan fingerprint density at radius 1 is 1.24 bits per heavy atom. The van der Waals surface area contributed by atoms with Gasteiger partial charge in [-0.05, 0) is 23.8 Å². The summed E-state index contributed by atoms with van der Waals surface area (Å²) in [4.78, 5) is 21.7. The van der Waals surface area contributed by atoms with Crippen LogP contribution >= 0.6 is 22.9 Å². The second-order valence-corrected chi connectivity index (χ2v) is 7.92. The first kappa shape index (κ1) is 19.4. The van der Waals surface area contributed by atoms with Crippen molar-refractivity contribution in [3.63, 3.8) is 0 Å². The van der Waals surface area contributed by atoms with Crippen LogP contribution in [0.4, 0.5) is 5.82 Å². The predicted octanol–water partition coefficient (Wildman–Crippen LogP) is 4.92. The second-order valence-electron chi connectivity index (χ2n) is 6.48. The SMILES string of the molecule is COC(=O)CCc1nc(NCc2ccc(O)c(Cl)c2)c2c(n1)sc1ccccc12. The Balaban J connectivity index is 1.72. The van der Waals surface area contributed by atoms with Crippen LogP contribution < -0.4 is 5.32 Å². The van der Waals surface area contributed by atoms with Crippen LogP contribution in [-0.4, -0.2) is 28.2 Å². The van der Waals surface area contributed by atoms with E-state index in [4.69, 9.17) is 16.3 Å². The summed E-state index contributed by atoms with van der Waals surface area (Å²) < 4.78 is 5.85. The van der Waals surface area contributed by atoms with Crippen LogP contribution in [0.15, 0.2) is 42.5 Å². The third kappa shape index (κ3) is 4.11. The predicted molar refractivity (Wildman–Crippen MR) is 116 cm³/mol. The summed E-state index contributed by atoms with van der Waals surface area (Å²) in [6.45, 7) is 0.479. The van der Waals surface area contributed by atoms with Crippen LogP contribution in [0.5, 0.6) is 5.75 Å². The van der Waals surface area contributed by atoms with Crippen molar-refractivity contribution >= 4 is 55.0 Å². The molecule has 2 N–H and O–H groups in total. The lowest BCUT2D eigenvalue weighted by Gasteiger charge is -2.10. The van der Waals surface area contributed by atoms with Gasteiger partial charge in [-0.15, -0.1) is 11.3 Å². The van der Waals surface area contributed by atoms with Gasteiger partial charge in [0.25, 0.3) is 0 Å². The highest BCUT2D eigenvalue weighted by molar-refractivity contribution is 7.25. The molecule has 0 bridgehead atoms. The topological polar surface area (TPSA) is 84.3 Å². The standard InChI is InChI=1S/C21H18ClN3O3S/c1-28-18(27)9-8-17-24-20(23-11-12-6-7-15(26)14(22)10-12)19-13-4-2-3-5-16(13)29-21(19)25-17/h2-7,10,26H,8-9,11H2,1H3,(H,23,24,25). The van der Waals surface area contributed by atoms with E-state index in [9.17, 15) is 9.90 Å². The molecular formula is C21H18ClN3O3S. The third-order valence-corrected chi connectivity index (χ3v) is 5.91. The van der Waals surface area contributed by atoms with Gasteiger partial charge in [-0.1, -0.05) is 35.9 Å². The number of methoxy groups -OCH3 is 1. The fourth-order valence-electron chi connectivity index (χ4n) is 3.07. The molecule has 2 heterocycles. The minimum atomic E-state index is -0.293. The molecule has 0 radical (unpaired) electrons. The molecule has 0 aliphatic carbocycles. The number of rotatable bonds is 6. The van der Waals surface area contributed by atoms with Crippen LogP contribution in [0.25, 0.3) is 20.3 Å². The van der Waals surface area contributed by atoms with E-state index in [0.717, 1.165) is 25.9 Å². The van der Waals surface area contributed by atoms with Gasteiger partial charge in [-0.2, -0.15) is 0 Å². The number of aryl methyl sites for hydroxylation is 1. The molecule has 0 aliphatic rings. The van der Waals surface area contributed by atoms with Gasteiger partial charge in [0.05, 0.1) is 23.9 Å². The lowest BCUT2D eigenvalue weighted by molar-refractivity contribution is -0.140. The lowest BCUT2D eigenvalue weighted by Crippen LogP contribution is -2.08. The van der Waals surface area contributed by atoms with E-state index < -0.39 is 0 Å². The van der Waals surface area contributed by atoms with Crippen molar-refractivity contribution in [2.45, 2.75) is 19.4 Å². The quantitative estimate of drug-likeness (QED) is 0.425. The van der Waals surface area contributed by atoms with E-state index >= 15 is 0 Å². The van der Waals surface area contributed by atoms with E-state index in [1.165, 1.54) is 7.11 Å². The highest BCUT2D eigenvalue weighted by atomic mass is 35.5. The number of ether oxygens (including phenoxy) is 1. The summed E-state index contributed by atoms with van der Waals surface area (Å²) in [5.41, 5.74) is 0.912. The van der Waals surface area contributed by atoms with Gasteiger partial charge in [-0.25, -0.2) is 9.97 Å². The maximum atomic E-state index is 11.5. The Morgan fingerprint density at radius 2 is 2.07 bits per heavy atom. The van der Waals surface area contributed by atoms with Crippen molar-refractivity contribution in [3.05, 3.63) is 58.9 Å². The van der Waals surface area contributed by atoms with Gasteiger partial charge >= 0.3 is 5.97 Å². The number of thiophene rings is 1. The number of carbonyl (C=O) groups is 1. The Morgan fingerprint density at radius 3 is 2.86 bits per heavy atom. The maximum absolute atomic E-state index is 11.5. The molecule has 0 saturated heterocycles. The number of hydrogen-bond acceptors (Lipinski definition) is 7. The van der Waals surface area contributed by atoms with Gasteiger partial charge in [0.1, 0.15) is 22.2 Å². The number of fused-ring (bicyclic) bond motifs is 3. The highest BCUT2D eigenvalue weighted by Crippen LogP contribution is 2.36. The van der Waals surface area contributed by atoms with E-state index in [2.05, 4.69) is 21.4 Å². The molecule has 29 heavy (non-hydrogen) atoms. The van der Waals surface area contributed by atoms with Crippen molar-refractivity contribution in [3.8, 4) is 5.75 Å². The number of aromatic nitrogens is 2. The number of hydrogen-bond donors (Lipinski definition) is 2. The maximum Gasteiger partial charge on any atom is 0.305 e. The zero-order chi connectivity index (χ0) is 20.4. The molecule has 8 heteroatoms. The number of carbonyl (C=O) groups excluding carboxylic acids is 1. The molecule has 2 aromatic carbocycles. The Kier molecular flexibility index (Phi) is 5.51. The van der Waals surface area contributed by atoms with E-state index in [1.54, 1.807) is 29.5 Å². The molecule has 0 fully saturated rings. The van der Waals surface area contributed by atoms with Gasteiger partial charge < -0.3 is 15.2 Å². The summed E-state index contributed by atoms with van der Waals surface area (Å²) in [5.74, 6) is 1.05. The summed E-state index contributed by atoms with van der Waals surface area (Å²) in [6.07, 6.45) is 0.622. The van der Waals surface area contributed by atoms with Crippen molar-refractivity contribution in [1.82, 2.24) is 9.97 Å². The number of phenols is 1. The van der Waals surface area contributed by atoms with Crippen molar-refractivity contribution in [2.24, 2.45) is 0 Å². The van der Waals surface area contributed by atoms with Gasteiger partial charge in [-0.3, -0.25) is 4.79 Å². The third-order valence-electron chi connectivity index (χ3n) is 4.54. The molecule has 2 aromatic heterocycles. The molecule has 148 valence electrons. The number of halogens is 1. The van der Waals surface area contributed by atoms with Gasteiger partial charge in [0.15, 0.2) is 0 Å². The number of aromatic hydroxyl groups is 1. The number of esters is 1. The number of benzene rings is 2. The first-order chi connectivity index (χ1) is 14.0. The highest BCUT2D eigenvalue weighted by Gasteiger charge is 2.15. The van der Waals surface area contributed by atoms with E-state index in [0.29, 0.717) is 29.6 Å². The van der Waals surface area contributed by atoms with Crippen molar-refractivity contribution in [1.29, 1.82) is 0 Å². The van der Waals surface area contributed by atoms with E-state index in [1.807, 2.05) is 18.2 Å². The molecule has 0 unspecified atom stereocenters. The zero-order valence-corrected chi connectivity index (χ0v) is 17.2. The molecular weight excluding hydrogens is 410 g/mol. The fraction of sp³-hybridized carbons (Fsp3) is 0.190. The summed E-state index contributed by atoms with van der Waals surface area (Å²) in [7, 11) is 1.37. The minimum Gasteiger partial charge on any atom is -0.506 e. The number of anilines is 1. The summed E-state index contributed by atoms with van der Waals surface area (Å²) in [6, 6.07) is 13.2. The van der Waals surface area contributed by atoms with E-state index in [-0.39, 0.29) is 18.1 Å². The molecule has 4 aromatic rings. The molecule has 0 spiro atoms. The molecule has 4 rings (SSSR count). The van der Waals surface area contributed by atoms with Crippen molar-refractivity contribution in [2.75, 3.05) is 12.4 Å². The van der Waals surface area contributed by atoms with Gasteiger partial charge in [0, 0.05) is 23.1 Å². The molecule has 6 nitrogen and oxygen atoms in total. The van der Waals surface area contributed by atoms with Crippen LogP contribution in [0, 0.1) is 0 Å². The van der Waals surface area contributed by atoms with Crippen LogP contribution in [0.1, 0.15) is 17.8 Å². The smallest absolute Gasteiger partial charge is 0.305 e. The first-order valence-corrected chi connectivity index (χ1v) is 10.2. The molecule has 0 atom stereocenters. The Bertz CT molecular complexity index is 1210. The average molecular weight is 428 g/mol. The first-order valence-electron chi connectivity index (χ1n) is 9.01.